The number of hydrogen-bond acceptors (Lipinski definition) is 3. The van der Waals surface area contributed by atoms with E-state index in [1.165, 1.54) is 0 Å². The quantitative estimate of drug-likeness (QED) is 0.775. The van der Waals surface area contributed by atoms with Gasteiger partial charge >= 0.3 is 5.97 Å². The normalized spacial score (nSPS) is 20.7. The molecule has 4 nitrogen and oxygen atoms in total. The monoisotopic (exact) mass is 243 g/mol. The van der Waals surface area contributed by atoms with E-state index < -0.39 is 5.97 Å². The van der Waals surface area contributed by atoms with Gasteiger partial charge in [-0.15, -0.1) is 0 Å². The molecule has 1 atom stereocenters. The van der Waals surface area contributed by atoms with Crippen LogP contribution in [0.1, 0.15) is 40.0 Å². The lowest BCUT2D eigenvalue weighted by Gasteiger charge is -2.37. The summed E-state index contributed by atoms with van der Waals surface area (Å²) in [6.07, 6.45) is 2.42. The first-order valence-electron chi connectivity index (χ1n) is 6.58. The van der Waals surface area contributed by atoms with E-state index in [1.807, 2.05) is 0 Å². The van der Waals surface area contributed by atoms with E-state index in [0.29, 0.717) is 18.6 Å². The molecule has 0 radical (unpaired) electrons. The molecule has 0 aromatic rings. The lowest BCUT2D eigenvalue weighted by molar-refractivity contribution is -0.138. The van der Waals surface area contributed by atoms with E-state index in [1.54, 1.807) is 0 Å². The molecule has 1 N–H and O–H groups in total. The number of carbonyl (C=O) groups is 1. The number of aliphatic carboxylic acids is 1. The first-order chi connectivity index (χ1) is 8.00. The molecule has 1 aliphatic heterocycles. The van der Waals surface area contributed by atoms with Gasteiger partial charge in [0.1, 0.15) is 0 Å². The molecular formula is C13H25NO3. The van der Waals surface area contributed by atoms with Crippen LogP contribution < -0.4 is 0 Å². The van der Waals surface area contributed by atoms with E-state index in [9.17, 15) is 4.79 Å². The maximum absolute atomic E-state index is 10.4. The third-order valence-corrected chi connectivity index (χ3v) is 3.69. The Labute approximate surface area is 104 Å². The van der Waals surface area contributed by atoms with Gasteiger partial charge in [-0.3, -0.25) is 4.79 Å². The second-order valence-corrected chi connectivity index (χ2v) is 5.23. The van der Waals surface area contributed by atoms with E-state index in [0.717, 1.165) is 25.9 Å². The predicted molar refractivity (Wildman–Crippen MR) is 67.1 cm³/mol. The van der Waals surface area contributed by atoms with Crippen molar-refractivity contribution in [2.45, 2.75) is 52.2 Å². The van der Waals surface area contributed by atoms with Crippen LogP contribution in [0.2, 0.25) is 0 Å². The molecule has 1 unspecified atom stereocenters. The van der Waals surface area contributed by atoms with Crippen molar-refractivity contribution in [3.8, 4) is 0 Å². The third kappa shape index (κ3) is 5.04. The molecule has 0 bridgehead atoms. The minimum absolute atomic E-state index is 0.114. The lowest BCUT2D eigenvalue weighted by Crippen LogP contribution is -2.44. The van der Waals surface area contributed by atoms with E-state index in [4.69, 9.17) is 9.84 Å². The molecule has 0 spiro atoms. The van der Waals surface area contributed by atoms with Crippen LogP contribution in [-0.2, 0) is 9.53 Å². The van der Waals surface area contributed by atoms with Crippen LogP contribution in [0.5, 0.6) is 0 Å². The molecule has 0 aromatic heterocycles. The summed E-state index contributed by atoms with van der Waals surface area (Å²) in [6, 6.07) is 0.620. The van der Waals surface area contributed by atoms with Gasteiger partial charge in [-0.2, -0.15) is 0 Å². The lowest BCUT2D eigenvalue weighted by atomic mass is 10.00. The molecule has 4 heteroatoms. The topological polar surface area (TPSA) is 49.8 Å². The average molecular weight is 243 g/mol. The Kier molecular flexibility index (Phi) is 5.92. The van der Waals surface area contributed by atoms with Crippen molar-refractivity contribution in [3.05, 3.63) is 0 Å². The van der Waals surface area contributed by atoms with Crippen molar-refractivity contribution >= 4 is 5.97 Å². The van der Waals surface area contributed by atoms with Gasteiger partial charge in [0.2, 0.25) is 0 Å². The van der Waals surface area contributed by atoms with Gasteiger partial charge < -0.3 is 14.7 Å². The van der Waals surface area contributed by atoms with Crippen molar-refractivity contribution < 1.29 is 14.6 Å². The fourth-order valence-corrected chi connectivity index (χ4v) is 2.18. The van der Waals surface area contributed by atoms with E-state index in [2.05, 4.69) is 25.7 Å². The standard InChI is InChI=1S/C13H25NO3/c1-10(2)11(3)14-7-4-12(5-8-14)17-9-6-13(15)16/h10-12H,4-9H2,1-3H3,(H,15,16). The number of carboxylic acid groups (broad SMARTS) is 1. The zero-order chi connectivity index (χ0) is 12.8. The molecule has 0 aromatic carbocycles. The number of ether oxygens (including phenoxy) is 1. The number of likely N-dealkylation sites (tertiary alicyclic amines) is 1. The highest BCUT2D eigenvalue weighted by Crippen LogP contribution is 2.19. The second kappa shape index (κ2) is 6.97. The maximum Gasteiger partial charge on any atom is 0.305 e. The van der Waals surface area contributed by atoms with E-state index >= 15 is 0 Å². The average Bonchev–Trinajstić information content (AvgIpc) is 2.28. The van der Waals surface area contributed by atoms with Crippen LogP contribution in [0, 0.1) is 5.92 Å². The first-order valence-corrected chi connectivity index (χ1v) is 6.58. The van der Waals surface area contributed by atoms with Gasteiger partial charge in [0.05, 0.1) is 19.1 Å². The van der Waals surface area contributed by atoms with Crippen LogP contribution in [0.25, 0.3) is 0 Å². The van der Waals surface area contributed by atoms with Crippen molar-refractivity contribution in [2.75, 3.05) is 19.7 Å². The predicted octanol–water partition coefficient (Wildman–Crippen LogP) is 1.99. The van der Waals surface area contributed by atoms with Crippen LogP contribution in [0.4, 0.5) is 0 Å². The Morgan fingerprint density at radius 2 is 1.94 bits per heavy atom. The van der Waals surface area contributed by atoms with Gasteiger partial charge in [-0.05, 0) is 25.7 Å². The Balaban J connectivity index is 2.19. The van der Waals surface area contributed by atoms with Crippen molar-refractivity contribution in [3.63, 3.8) is 0 Å². The number of rotatable bonds is 6. The van der Waals surface area contributed by atoms with Gasteiger partial charge in [0, 0.05) is 19.1 Å². The molecule has 1 rings (SSSR count). The maximum atomic E-state index is 10.4. The zero-order valence-electron chi connectivity index (χ0n) is 11.2. The highest BCUT2D eigenvalue weighted by atomic mass is 16.5. The number of piperidine rings is 1. The molecule has 1 heterocycles. The summed E-state index contributed by atoms with van der Waals surface area (Å²) >= 11 is 0. The number of hydrogen-bond donors (Lipinski definition) is 1. The Hall–Kier alpha value is -0.610. The summed E-state index contributed by atoms with van der Waals surface area (Å²) in [5, 5.41) is 8.53. The van der Waals surface area contributed by atoms with Crippen LogP contribution in [0.3, 0.4) is 0 Å². The highest BCUT2D eigenvalue weighted by Gasteiger charge is 2.24. The molecule has 1 fully saturated rings. The molecule has 17 heavy (non-hydrogen) atoms. The second-order valence-electron chi connectivity index (χ2n) is 5.23. The molecule has 1 aliphatic rings. The minimum Gasteiger partial charge on any atom is -0.481 e. The third-order valence-electron chi connectivity index (χ3n) is 3.69. The summed E-state index contributed by atoms with van der Waals surface area (Å²) in [7, 11) is 0. The smallest absolute Gasteiger partial charge is 0.305 e. The number of carboxylic acids is 1. The zero-order valence-corrected chi connectivity index (χ0v) is 11.2. The largest absolute Gasteiger partial charge is 0.481 e. The van der Waals surface area contributed by atoms with Crippen LogP contribution in [0.15, 0.2) is 0 Å². The Bertz CT molecular complexity index is 235. The van der Waals surface area contributed by atoms with Gasteiger partial charge in [-0.25, -0.2) is 0 Å². The summed E-state index contributed by atoms with van der Waals surface area (Å²) in [4.78, 5) is 12.9. The van der Waals surface area contributed by atoms with Crippen LogP contribution in [-0.4, -0.2) is 47.8 Å². The fourth-order valence-electron chi connectivity index (χ4n) is 2.18. The molecule has 0 saturated carbocycles. The minimum atomic E-state index is -0.782. The summed E-state index contributed by atoms with van der Waals surface area (Å²) in [5.41, 5.74) is 0. The molecule has 0 amide bonds. The first kappa shape index (κ1) is 14.5. The van der Waals surface area contributed by atoms with Crippen molar-refractivity contribution in [1.29, 1.82) is 0 Å². The van der Waals surface area contributed by atoms with Gasteiger partial charge in [0.25, 0.3) is 0 Å². The summed E-state index contributed by atoms with van der Waals surface area (Å²) < 4.78 is 5.57. The van der Waals surface area contributed by atoms with Crippen molar-refractivity contribution in [1.82, 2.24) is 4.90 Å². The van der Waals surface area contributed by atoms with Gasteiger partial charge in [-0.1, -0.05) is 13.8 Å². The molecule has 0 aliphatic carbocycles. The van der Waals surface area contributed by atoms with Gasteiger partial charge in [0.15, 0.2) is 0 Å². The van der Waals surface area contributed by atoms with E-state index in [-0.39, 0.29) is 12.5 Å². The fraction of sp³-hybridized carbons (Fsp3) is 0.923. The van der Waals surface area contributed by atoms with Crippen molar-refractivity contribution in [2.24, 2.45) is 5.92 Å². The van der Waals surface area contributed by atoms with Crippen LogP contribution >= 0.6 is 0 Å². The summed E-state index contributed by atoms with van der Waals surface area (Å²) in [6.45, 7) is 9.25. The Morgan fingerprint density at radius 1 is 1.35 bits per heavy atom. The number of nitrogens with zero attached hydrogens (tertiary/aromatic N) is 1. The SMILES string of the molecule is CC(C)C(C)N1CCC(OCCC(=O)O)CC1. The molecule has 1 saturated heterocycles. The molecule has 100 valence electrons. The Morgan fingerprint density at radius 3 is 2.41 bits per heavy atom. The highest BCUT2D eigenvalue weighted by molar-refractivity contribution is 5.66. The summed E-state index contributed by atoms with van der Waals surface area (Å²) in [5.74, 6) is -0.102. The molecular weight excluding hydrogens is 218 g/mol.